The third kappa shape index (κ3) is 3.40. The number of ether oxygens (including phenoxy) is 1. The summed E-state index contributed by atoms with van der Waals surface area (Å²) >= 11 is 12.1. The van der Waals surface area contributed by atoms with Gasteiger partial charge in [-0.25, -0.2) is 0 Å². The second kappa shape index (κ2) is 6.24. The van der Waals surface area contributed by atoms with Gasteiger partial charge in [0, 0.05) is 16.8 Å². The predicted molar refractivity (Wildman–Crippen MR) is 86.6 cm³/mol. The maximum absolute atomic E-state index is 12.2. The summed E-state index contributed by atoms with van der Waals surface area (Å²) in [4.78, 5) is 12.2. The number of carbonyl (C=O) groups excluding carboxylic acids is 1. The first-order valence-electron chi connectivity index (χ1n) is 6.13. The molecule has 0 atom stereocenters. The van der Waals surface area contributed by atoms with E-state index in [0.29, 0.717) is 32.7 Å². The zero-order valence-electron chi connectivity index (χ0n) is 11.5. The van der Waals surface area contributed by atoms with E-state index in [1.165, 1.54) is 7.11 Å². The number of aryl methyl sites for hydroxylation is 1. The number of nitrogen functional groups attached to an aromatic ring is 1. The van der Waals surface area contributed by atoms with Crippen LogP contribution in [0.5, 0.6) is 5.75 Å². The summed E-state index contributed by atoms with van der Waals surface area (Å²) in [7, 11) is 1.53. The molecule has 3 N–H and O–H groups in total. The molecule has 0 unspecified atom stereocenters. The predicted octanol–water partition coefficient (Wildman–Crippen LogP) is 4.14. The Morgan fingerprint density at radius 2 is 1.90 bits per heavy atom. The van der Waals surface area contributed by atoms with Crippen molar-refractivity contribution in [2.45, 2.75) is 6.92 Å². The lowest BCUT2D eigenvalue weighted by atomic mass is 10.1. The number of carbonyl (C=O) groups is 1. The van der Waals surface area contributed by atoms with Crippen LogP contribution in [0.15, 0.2) is 30.3 Å². The second-order valence-corrected chi connectivity index (χ2v) is 5.30. The average molecular weight is 325 g/mol. The number of rotatable bonds is 3. The van der Waals surface area contributed by atoms with Crippen LogP contribution >= 0.6 is 23.2 Å². The molecule has 0 aliphatic rings. The third-order valence-corrected chi connectivity index (χ3v) is 3.72. The van der Waals surface area contributed by atoms with Crippen LogP contribution in [0.1, 0.15) is 15.9 Å². The Morgan fingerprint density at radius 3 is 2.52 bits per heavy atom. The van der Waals surface area contributed by atoms with Gasteiger partial charge < -0.3 is 15.8 Å². The van der Waals surface area contributed by atoms with Crippen molar-refractivity contribution in [2.75, 3.05) is 18.2 Å². The van der Waals surface area contributed by atoms with Gasteiger partial charge in [-0.2, -0.15) is 0 Å². The number of hydrogen-bond acceptors (Lipinski definition) is 3. The molecule has 110 valence electrons. The molecule has 0 aromatic heterocycles. The van der Waals surface area contributed by atoms with Gasteiger partial charge in [0.05, 0.1) is 23.4 Å². The first-order chi connectivity index (χ1) is 9.92. The Kier molecular flexibility index (Phi) is 4.60. The molecule has 0 aliphatic heterocycles. The quantitative estimate of drug-likeness (QED) is 0.834. The number of nitrogens with two attached hydrogens (primary N) is 1. The Bertz CT molecular complexity index is 702. The molecule has 2 aromatic rings. The van der Waals surface area contributed by atoms with Gasteiger partial charge >= 0.3 is 0 Å². The molecule has 0 bridgehead atoms. The van der Waals surface area contributed by atoms with Crippen molar-refractivity contribution in [3.63, 3.8) is 0 Å². The standard InChI is InChI=1S/C15H14Cl2N2O2/c1-8-5-12(17)14(7-11(8)16)19-15(20)10-4-3-9(21-2)6-13(10)18/h3-7H,18H2,1-2H3,(H,19,20). The van der Waals surface area contributed by atoms with Crippen molar-refractivity contribution >= 4 is 40.5 Å². The van der Waals surface area contributed by atoms with Gasteiger partial charge in [0.1, 0.15) is 5.75 Å². The van der Waals surface area contributed by atoms with Crippen molar-refractivity contribution in [1.29, 1.82) is 0 Å². The SMILES string of the molecule is COc1ccc(C(=O)Nc2cc(Cl)c(C)cc2Cl)c(N)c1. The Balaban J connectivity index is 2.28. The fraction of sp³-hybridized carbons (Fsp3) is 0.133. The zero-order chi connectivity index (χ0) is 15.6. The van der Waals surface area contributed by atoms with Gasteiger partial charge in [-0.1, -0.05) is 23.2 Å². The topological polar surface area (TPSA) is 64.3 Å². The average Bonchev–Trinajstić information content (AvgIpc) is 2.44. The Morgan fingerprint density at radius 1 is 1.19 bits per heavy atom. The number of nitrogens with one attached hydrogen (secondary N) is 1. The van der Waals surface area contributed by atoms with Crippen LogP contribution in [0, 0.1) is 6.92 Å². The lowest BCUT2D eigenvalue weighted by molar-refractivity contribution is 0.102. The Labute approximate surface area is 132 Å². The van der Waals surface area contributed by atoms with Crippen LogP contribution in [0.2, 0.25) is 10.0 Å². The molecule has 0 spiro atoms. The lowest BCUT2D eigenvalue weighted by Crippen LogP contribution is -2.14. The minimum absolute atomic E-state index is 0.321. The number of amides is 1. The van der Waals surface area contributed by atoms with Crippen LogP contribution in [-0.2, 0) is 0 Å². The van der Waals surface area contributed by atoms with Crippen LogP contribution in [0.25, 0.3) is 0 Å². The fourth-order valence-corrected chi connectivity index (χ4v) is 2.24. The molecule has 2 aromatic carbocycles. The second-order valence-electron chi connectivity index (χ2n) is 4.49. The third-order valence-electron chi connectivity index (χ3n) is 3.00. The van der Waals surface area contributed by atoms with Crippen molar-refractivity contribution < 1.29 is 9.53 Å². The highest BCUT2D eigenvalue weighted by atomic mass is 35.5. The van der Waals surface area contributed by atoms with Gasteiger partial charge in [0.25, 0.3) is 5.91 Å². The Hall–Kier alpha value is -1.91. The number of methoxy groups -OCH3 is 1. The monoisotopic (exact) mass is 324 g/mol. The summed E-state index contributed by atoms with van der Waals surface area (Å²) in [6.45, 7) is 1.83. The van der Waals surface area contributed by atoms with Gasteiger partial charge in [-0.3, -0.25) is 4.79 Å². The molecule has 0 saturated carbocycles. The highest BCUT2D eigenvalue weighted by Crippen LogP contribution is 2.29. The first-order valence-corrected chi connectivity index (χ1v) is 6.88. The molecule has 0 saturated heterocycles. The first kappa shape index (κ1) is 15.5. The number of halogens is 2. The molecular weight excluding hydrogens is 311 g/mol. The molecular formula is C15H14Cl2N2O2. The highest BCUT2D eigenvalue weighted by Gasteiger charge is 2.13. The van der Waals surface area contributed by atoms with Gasteiger partial charge in [-0.15, -0.1) is 0 Å². The summed E-state index contributed by atoms with van der Waals surface area (Å²) in [5, 5.41) is 3.64. The van der Waals surface area contributed by atoms with Crippen molar-refractivity contribution in [3.05, 3.63) is 51.5 Å². The molecule has 0 aliphatic carbocycles. The normalized spacial score (nSPS) is 10.3. The maximum Gasteiger partial charge on any atom is 0.257 e. The van der Waals surface area contributed by atoms with Crippen molar-refractivity contribution in [2.24, 2.45) is 0 Å². The van der Waals surface area contributed by atoms with Gasteiger partial charge in [-0.05, 0) is 36.8 Å². The van der Waals surface area contributed by atoms with E-state index in [1.54, 1.807) is 30.3 Å². The molecule has 2 rings (SSSR count). The van der Waals surface area contributed by atoms with Crippen LogP contribution in [-0.4, -0.2) is 13.0 Å². The lowest BCUT2D eigenvalue weighted by Gasteiger charge is -2.11. The minimum Gasteiger partial charge on any atom is -0.497 e. The summed E-state index contributed by atoms with van der Waals surface area (Å²) in [5.74, 6) is 0.220. The maximum atomic E-state index is 12.2. The minimum atomic E-state index is -0.364. The van der Waals surface area contributed by atoms with Gasteiger partial charge in [0.15, 0.2) is 0 Å². The molecule has 1 amide bonds. The van der Waals surface area contributed by atoms with Crippen LogP contribution in [0.4, 0.5) is 11.4 Å². The van der Waals surface area contributed by atoms with Gasteiger partial charge in [0.2, 0.25) is 0 Å². The van der Waals surface area contributed by atoms with Crippen LogP contribution in [0.3, 0.4) is 0 Å². The molecule has 0 heterocycles. The summed E-state index contributed by atoms with van der Waals surface area (Å²) < 4.78 is 5.05. The summed E-state index contributed by atoms with van der Waals surface area (Å²) in [5.41, 5.74) is 7.78. The van der Waals surface area contributed by atoms with E-state index in [1.807, 2.05) is 6.92 Å². The molecule has 6 heteroatoms. The number of hydrogen-bond donors (Lipinski definition) is 2. The van der Waals surface area contributed by atoms with Crippen molar-refractivity contribution in [1.82, 2.24) is 0 Å². The molecule has 21 heavy (non-hydrogen) atoms. The highest BCUT2D eigenvalue weighted by molar-refractivity contribution is 6.36. The number of benzene rings is 2. The summed E-state index contributed by atoms with van der Waals surface area (Å²) in [6, 6.07) is 8.13. The molecule has 0 radical (unpaired) electrons. The van der Waals surface area contributed by atoms with E-state index >= 15 is 0 Å². The van der Waals surface area contributed by atoms with Crippen LogP contribution < -0.4 is 15.8 Å². The molecule has 4 nitrogen and oxygen atoms in total. The largest absolute Gasteiger partial charge is 0.497 e. The fourth-order valence-electron chi connectivity index (χ4n) is 1.81. The van der Waals surface area contributed by atoms with Crippen molar-refractivity contribution in [3.8, 4) is 5.75 Å². The zero-order valence-corrected chi connectivity index (χ0v) is 13.0. The summed E-state index contributed by atoms with van der Waals surface area (Å²) in [6.07, 6.45) is 0. The van der Waals surface area contributed by atoms with E-state index in [4.69, 9.17) is 33.7 Å². The smallest absolute Gasteiger partial charge is 0.257 e. The number of anilines is 2. The van der Waals surface area contributed by atoms with E-state index in [2.05, 4.69) is 5.32 Å². The van der Waals surface area contributed by atoms with E-state index < -0.39 is 0 Å². The van der Waals surface area contributed by atoms with E-state index in [0.717, 1.165) is 5.56 Å². The van der Waals surface area contributed by atoms with E-state index in [9.17, 15) is 4.79 Å². The molecule has 0 fully saturated rings. The van der Waals surface area contributed by atoms with E-state index in [-0.39, 0.29) is 5.91 Å².